The number of ether oxygens (including phenoxy) is 2. The zero-order valence-corrected chi connectivity index (χ0v) is 20.5. The molecule has 0 radical (unpaired) electrons. The van der Waals surface area contributed by atoms with E-state index in [0.29, 0.717) is 46.5 Å². The van der Waals surface area contributed by atoms with Gasteiger partial charge in [0, 0.05) is 17.7 Å². The van der Waals surface area contributed by atoms with E-state index in [1.165, 1.54) is 11.3 Å². The number of carbonyl (C=O) groups is 2. The SMILES string of the molecule is CCOc1cc(NC(=O)c2cccs2)c(OCC)cc1NC(=O)c1ccc(C(C)(C)C)cc1. The average molecular weight is 467 g/mol. The van der Waals surface area contributed by atoms with Crippen molar-refractivity contribution in [2.45, 2.75) is 40.0 Å². The van der Waals surface area contributed by atoms with Crippen LogP contribution in [0.1, 0.15) is 60.2 Å². The Kier molecular flexibility index (Phi) is 7.76. The van der Waals surface area contributed by atoms with Gasteiger partial charge in [-0.2, -0.15) is 0 Å². The number of benzene rings is 2. The molecule has 6 nitrogen and oxygen atoms in total. The minimum absolute atomic E-state index is 0.00686. The van der Waals surface area contributed by atoms with Gasteiger partial charge in [0.15, 0.2) is 0 Å². The molecule has 0 aliphatic carbocycles. The van der Waals surface area contributed by atoms with Gasteiger partial charge in [0.25, 0.3) is 11.8 Å². The Hall–Kier alpha value is -3.32. The van der Waals surface area contributed by atoms with Crippen LogP contribution in [0.4, 0.5) is 11.4 Å². The number of hydrogen-bond acceptors (Lipinski definition) is 5. The van der Waals surface area contributed by atoms with E-state index in [1.807, 2.05) is 49.6 Å². The average Bonchev–Trinajstić information content (AvgIpc) is 3.31. The van der Waals surface area contributed by atoms with E-state index in [1.54, 1.807) is 18.2 Å². The summed E-state index contributed by atoms with van der Waals surface area (Å²) in [6, 6.07) is 14.5. The molecule has 2 N–H and O–H groups in total. The Labute approximate surface area is 198 Å². The van der Waals surface area contributed by atoms with Gasteiger partial charge in [0.05, 0.1) is 29.5 Å². The maximum atomic E-state index is 12.9. The number of thiophene rings is 1. The smallest absolute Gasteiger partial charge is 0.265 e. The van der Waals surface area contributed by atoms with Crippen molar-refractivity contribution in [1.29, 1.82) is 0 Å². The first-order valence-electron chi connectivity index (χ1n) is 10.9. The second-order valence-electron chi connectivity index (χ2n) is 8.42. The lowest BCUT2D eigenvalue weighted by Gasteiger charge is -2.19. The predicted octanol–water partition coefficient (Wildman–Crippen LogP) is 6.35. The normalized spacial score (nSPS) is 11.1. The number of hydrogen-bond donors (Lipinski definition) is 2. The molecule has 1 aromatic heterocycles. The van der Waals surface area contributed by atoms with Crippen LogP contribution in [0, 0.1) is 0 Å². The molecule has 7 heteroatoms. The van der Waals surface area contributed by atoms with E-state index in [2.05, 4.69) is 31.4 Å². The van der Waals surface area contributed by atoms with Crippen LogP contribution in [-0.4, -0.2) is 25.0 Å². The van der Waals surface area contributed by atoms with Crippen LogP contribution in [0.3, 0.4) is 0 Å². The van der Waals surface area contributed by atoms with Gasteiger partial charge in [-0.1, -0.05) is 39.0 Å². The molecule has 2 aromatic carbocycles. The molecule has 2 amide bonds. The quantitative estimate of drug-likeness (QED) is 0.406. The van der Waals surface area contributed by atoms with Crippen molar-refractivity contribution in [2.24, 2.45) is 0 Å². The maximum absolute atomic E-state index is 12.9. The fraction of sp³-hybridized carbons (Fsp3) is 0.308. The van der Waals surface area contributed by atoms with Crippen LogP contribution >= 0.6 is 11.3 Å². The van der Waals surface area contributed by atoms with Gasteiger partial charge >= 0.3 is 0 Å². The van der Waals surface area contributed by atoms with E-state index in [-0.39, 0.29) is 17.2 Å². The number of rotatable bonds is 8. The standard InChI is InChI=1S/C26H30N2O4S/c1-6-31-21-16-20(28-25(30)23-9-8-14-33-23)22(32-7-2)15-19(21)27-24(29)17-10-12-18(13-11-17)26(3,4)5/h8-16H,6-7H2,1-5H3,(H,27,29)(H,28,30). The first kappa shape index (κ1) is 24.3. The highest BCUT2D eigenvalue weighted by Crippen LogP contribution is 2.37. The van der Waals surface area contributed by atoms with Gasteiger partial charge in [-0.15, -0.1) is 11.3 Å². The molecule has 1 heterocycles. The van der Waals surface area contributed by atoms with Crippen molar-refractivity contribution in [3.05, 3.63) is 69.9 Å². The minimum atomic E-state index is -0.255. The van der Waals surface area contributed by atoms with E-state index in [0.717, 1.165) is 5.56 Å². The maximum Gasteiger partial charge on any atom is 0.265 e. The van der Waals surface area contributed by atoms with Crippen molar-refractivity contribution in [3.8, 4) is 11.5 Å². The van der Waals surface area contributed by atoms with Gasteiger partial charge in [0.1, 0.15) is 11.5 Å². The van der Waals surface area contributed by atoms with Crippen molar-refractivity contribution in [2.75, 3.05) is 23.8 Å². The lowest BCUT2D eigenvalue weighted by atomic mass is 9.87. The van der Waals surface area contributed by atoms with Gasteiger partial charge in [0.2, 0.25) is 0 Å². The van der Waals surface area contributed by atoms with Crippen LogP contribution in [0.15, 0.2) is 53.9 Å². The molecule has 0 fully saturated rings. The zero-order chi connectivity index (χ0) is 24.0. The molecular formula is C26H30N2O4S. The Morgan fingerprint density at radius 2 is 1.39 bits per heavy atom. The molecule has 3 rings (SSSR count). The van der Waals surface area contributed by atoms with Crippen molar-refractivity contribution < 1.29 is 19.1 Å². The predicted molar refractivity (Wildman–Crippen MR) is 134 cm³/mol. The molecule has 33 heavy (non-hydrogen) atoms. The molecule has 174 valence electrons. The van der Waals surface area contributed by atoms with Crippen LogP contribution in [0.5, 0.6) is 11.5 Å². The second kappa shape index (κ2) is 10.5. The third-order valence-electron chi connectivity index (χ3n) is 4.94. The van der Waals surface area contributed by atoms with E-state index in [4.69, 9.17) is 9.47 Å². The highest BCUT2D eigenvalue weighted by Gasteiger charge is 2.19. The largest absolute Gasteiger partial charge is 0.492 e. The first-order chi connectivity index (χ1) is 15.7. The summed E-state index contributed by atoms with van der Waals surface area (Å²) in [5.41, 5.74) is 2.65. The highest BCUT2D eigenvalue weighted by molar-refractivity contribution is 7.12. The molecule has 0 bridgehead atoms. The second-order valence-corrected chi connectivity index (χ2v) is 9.37. The Balaban J connectivity index is 1.89. The van der Waals surface area contributed by atoms with Crippen molar-refractivity contribution in [3.63, 3.8) is 0 Å². The fourth-order valence-electron chi connectivity index (χ4n) is 3.21. The zero-order valence-electron chi connectivity index (χ0n) is 19.7. The van der Waals surface area contributed by atoms with E-state index in [9.17, 15) is 9.59 Å². The first-order valence-corrected chi connectivity index (χ1v) is 11.8. The van der Waals surface area contributed by atoms with Crippen LogP contribution in [0.2, 0.25) is 0 Å². The lowest BCUT2D eigenvalue weighted by molar-refractivity contribution is 0.101. The molecule has 0 saturated heterocycles. The summed E-state index contributed by atoms with van der Waals surface area (Å²) in [6.07, 6.45) is 0. The van der Waals surface area contributed by atoms with Crippen molar-refractivity contribution in [1.82, 2.24) is 0 Å². The summed E-state index contributed by atoms with van der Waals surface area (Å²) < 4.78 is 11.5. The highest BCUT2D eigenvalue weighted by atomic mass is 32.1. The number of amides is 2. The third kappa shape index (κ3) is 6.14. The molecule has 0 spiro atoms. The topological polar surface area (TPSA) is 76.7 Å². The molecular weight excluding hydrogens is 436 g/mol. The summed E-state index contributed by atoms with van der Waals surface area (Å²) in [7, 11) is 0. The minimum Gasteiger partial charge on any atom is -0.492 e. The number of anilines is 2. The van der Waals surface area contributed by atoms with Gasteiger partial charge in [-0.05, 0) is 48.4 Å². The Bertz CT molecular complexity index is 1100. The van der Waals surface area contributed by atoms with Crippen molar-refractivity contribution >= 4 is 34.5 Å². The summed E-state index contributed by atoms with van der Waals surface area (Å²) >= 11 is 1.35. The van der Waals surface area contributed by atoms with Gasteiger partial charge < -0.3 is 20.1 Å². The number of nitrogens with one attached hydrogen (secondary N) is 2. The Morgan fingerprint density at radius 3 is 1.85 bits per heavy atom. The molecule has 3 aromatic rings. The summed E-state index contributed by atoms with van der Waals surface area (Å²) in [5.74, 6) is 0.407. The summed E-state index contributed by atoms with van der Waals surface area (Å²) in [6.45, 7) is 10.9. The van der Waals surface area contributed by atoms with Crippen LogP contribution in [-0.2, 0) is 5.41 Å². The van der Waals surface area contributed by atoms with Gasteiger partial charge in [-0.3, -0.25) is 9.59 Å². The molecule has 0 aliphatic heterocycles. The molecule has 0 atom stereocenters. The molecule has 0 aliphatic rings. The fourth-order valence-corrected chi connectivity index (χ4v) is 3.83. The van der Waals surface area contributed by atoms with Gasteiger partial charge in [-0.25, -0.2) is 0 Å². The number of carbonyl (C=O) groups excluding carboxylic acids is 2. The summed E-state index contributed by atoms with van der Waals surface area (Å²) in [4.78, 5) is 26.1. The molecule has 0 unspecified atom stereocenters. The Morgan fingerprint density at radius 1 is 0.848 bits per heavy atom. The van der Waals surface area contributed by atoms with Crippen LogP contribution in [0.25, 0.3) is 0 Å². The summed E-state index contributed by atoms with van der Waals surface area (Å²) in [5, 5.41) is 7.65. The lowest BCUT2D eigenvalue weighted by Crippen LogP contribution is -2.16. The third-order valence-corrected chi connectivity index (χ3v) is 5.80. The monoisotopic (exact) mass is 466 g/mol. The molecule has 0 saturated carbocycles. The van der Waals surface area contributed by atoms with Crippen LogP contribution < -0.4 is 20.1 Å². The van der Waals surface area contributed by atoms with E-state index < -0.39 is 0 Å². The van der Waals surface area contributed by atoms with E-state index >= 15 is 0 Å².